The number of hydrogen-bond donors (Lipinski definition) is 2. The van der Waals surface area contributed by atoms with E-state index in [0.29, 0.717) is 6.61 Å². The molecule has 0 radical (unpaired) electrons. The highest BCUT2D eigenvalue weighted by molar-refractivity contribution is 6.06. The first-order valence-electron chi connectivity index (χ1n) is 8.03. The van der Waals surface area contributed by atoms with Gasteiger partial charge in [-0.05, 0) is 43.2 Å². The van der Waals surface area contributed by atoms with Gasteiger partial charge in [-0.15, -0.1) is 6.58 Å². The lowest BCUT2D eigenvalue weighted by molar-refractivity contribution is 0.0967. The van der Waals surface area contributed by atoms with Crippen molar-refractivity contribution in [2.45, 2.75) is 13.3 Å². The summed E-state index contributed by atoms with van der Waals surface area (Å²) >= 11 is 0. The van der Waals surface area contributed by atoms with Gasteiger partial charge in [0, 0.05) is 0 Å². The Morgan fingerprint density at radius 1 is 1.04 bits per heavy atom. The van der Waals surface area contributed by atoms with Crippen LogP contribution in [0.25, 0.3) is 0 Å². The van der Waals surface area contributed by atoms with E-state index in [1.54, 1.807) is 19.2 Å². The quantitative estimate of drug-likeness (QED) is 0.744. The molecule has 2 amide bonds. The Kier molecular flexibility index (Phi) is 8.43. The fourth-order valence-corrected chi connectivity index (χ4v) is 2.19. The molecule has 0 saturated heterocycles. The lowest BCUT2D eigenvalue weighted by atomic mass is 10.1. The number of carbonyl (C=O) groups is 2. The van der Waals surface area contributed by atoms with Crippen LogP contribution < -0.4 is 20.9 Å². The normalized spacial score (nSPS) is 9.46. The third-order valence-electron chi connectivity index (χ3n) is 3.37. The van der Waals surface area contributed by atoms with E-state index in [4.69, 9.17) is 20.9 Å². The summed E-state index contributed by atoms with van der Waals surface area (Å²) in [6, 6.07) is 12.1. The molecular formula is C20H24N2O4. The van der Waals surface area contributed by atoms with Crippen LogP contribution in [0.3, 0.4) is 0 Å². The number of methoxy groups -OCH3 is 1. The van der Waals surface area contributed by atoms with Crippen molar-refractivity contribution in [3.8, 4) is 11.5 Å². The molecule has 0 heterocycles. The van der Waals surface area contributed by atoms with E-state index in [1.807, 2.05) is 31.2 Å². The van der Waals surface area contributed by atoms with Crippen molar-refractivity contribution in [2.75, 3.05) is 13.7 Å². The number of ether oxygens (including phenoxy) is 2. The maximum Gasteiger partial charge on any atom is 0.249 e. The van der Waals surface area contributed by atoms with Crippen LogP contribution in [-0.2, 0) is 6.42 Å². The Balaban J connectivity index is 0.000000263. The highest BCUT2D eigenvalue weighted by Crippen LogP contribution is 2.28. The van der Waals surface area contributed by atoms with Crippen molar-refractivity contribution >= 4 is 11.8 Å². The number of nitrogens with two attached hydrogens (primary N) is 2. The highest BCUT2D eigenvalue weighted by atomic mass is 16.5. The number of amides is 2. The van der Waals surface area contributed by atoms with Crippen molar-refractivity contribution in [3.05, 3.63) is 71.8 Å². The summed E-state index contributed by atoms with van der Waals surface area (Å²) in [7, 11) is 1.65. The Bertz CT molecular complexity index is 739. The zero-order valence-corrected chi connectivity index (χ0v) is 15.0. The van der Waals surface area contributed by atoms with E-state index in [-0.39, 0.29) is 11.1 Å². The summed E-state index contributed by atoms with van der Waals surface area (Å²) in [4.78, 5) is 21.5. The van der Waals surface area contributed by atoms with Crippen LogP contribution in [0.15, 0.2) is 55.1 Å². The molecule has 0 spiro atoms. The third-order valence-corrected chi connectivity index (χ3v) is 3.37. The lowest BCUT2D eigenvalue weighted by Crippen LogP contribution is -2.20. The molecule has 0 atom stereocenters. The van der Waals surface area contributed by atoms with Gasteiger partial charge in [-0.1, -0.05) is 24.3 Å². The molecule has 2 aromatic rings. The van der Waals surface area contributed by atoms with Crippen LogP contribution in [0.5, 0.6) is 11.5 Å². The third kappa shape index (κ3) is 5.98. The molecule has 2 aromatic carbocycles. The first kappa shape index (κ1) is 20.8. The number of primary amides is 2. The SMILES string of the molecule is C=CCc1ccc(OCC)c(OC)c1.NC(=O)c1ccccc1C(N)=O. The van der Waals surface area contributed by atoms with Gasteiger partial charge >= 0.3 is 0 Å². The Morgan fingerprint density at radius 3 is 2.04 bits per heavy atom. The summed E-state index contributed by atoms with van der Waals surface area (Å²) < 4.78 is 10.6. The molecule has 2 rings (SSSR count). The Morgan fingerprint density at radius 2 is 1.62 bits per heavy atom. The fraction of sp³-hybridized carbons (Fsp3) is 0.200. The smallest absolute Gasteiger partial charge is 0.249 e. The standard InChI is InChI=1S/C12H16O2.C8H8N2O2/c1-4-6-10-7-8-11(14-5-2)12(9-10)13-3;9-7(11)5-3-1-2-4-6(5)8(10)12/h4,7-9H,1,5-6H2,2-3H3;1-4H,(H2,9,11)(H2,10,12). The van der Waals surface area contributed by atoms with Gasteiger partial charge in [0.05, 0.1) is 24.8 Å². The van der Waals surface area contributed by atoms with Gasteiger partial charge in [-0.3, -0.25) is 9.59 Å². The second-order valence-corrected chi connectivity index (χ2v) is 5.19. The summed E-state index contributed by atoms with van der Waals surface area (Å²) in [5.74, 6) is 0.280. The van der Waals surface area contributed by atoms with Crippen LogP contribution in [-0.4, -0.2) is 25.5 Å². The predicted octanol–water partition coefficient (Wildman–Crippen LogP) is 2.71. The van der Waals surface area contributed by atoms with E-state index in [2.05, 4.69) is 6.58 Å². The van der Waals surface area contributed by atoms with Gasteiger partial charge in [0.2, 0.25) is 11.8 Å². The largest absolute Gasteiger partial charge is 0.493 e. The number of hydrogen-bond acceptors (Lipinski definition) is 4. The molecule has 0 aromatic heterocycles. The van der Waals surface area contributed by atoms with Crippen LogP contribution >= 0.6 is 0 Å². The molecule has 0 aliphatic carbocycles. The molecule has 0 aliphatic heterocycles. The van der Waals surface area contributed by atoms with Gasteiger partial charge in [0.25, 0.3) is 0 Å². The van der Waals surface area contributed by atoms with Gasteiger partial charge in [0.15, 0.2) is 11.5 Å². The van der Waals surface area contributed by atoms with E-state index < -0.39 is 11.8 Å². The van der Waals surface area contributed by atoms with Crippen LogP contribution in [0.1, 0.15) is 33.2 Å². The van der Waals surface area contributed by atoms with Crippen molar-refractivity contribution < 1.29 is 19.1 Å². The molecule has 0 saturated carbocycles. The van der Waals surface area contributed by atoms with Gasteiger partial charge in [-0.2, -0.15) is 0 Å². The molecule has 6 nitrogen and oxygen atoms in total. The maximum absolute atomic E-state index is 10.7. The number of rotatable bonds is 7. The average Bonchev–Trinajstić information content (AvgIpc) is 2.63. The highest BCUT2D eigenvalue weighted by Gasteiger charge is 2.10. The summed E-state index contributed by atoms with van der Waals surface area (Å²) in [6.45, 7) is 6.30. The van der Waals surface area contributed by atoms with Gasteiger partial charge in [-0.25, -0.2) is 0 Å². The first-order valence-corrected chi connectivity index (χ1v) is 8.03. The molecule has 0 unspecified atom stereocenters. The molecule has 4 N–H and O–H groups in total. The minimum absolute atomic E-state index is 0.157. The molecule has 26 heavy (non-hydrogen) atoms. The second kappa shape index (κ2) is 10.6. The molecule has 0 bridgehead atoms. The number of allylic oxidation sites excluding steroid dienone is 1. The maximum atomic E-state index is 10.7. The second-order valence-electron chi connectivity index (χ2n) is 5.19. The van der Waals surface area contributed by atoms with Crippen molar-refractivity contribution in [2.24, 2.45) is 11.5 Å². The minimum Gasteiger partial charge on any atom is -0.493 e. The zero-order chi connectivity index (χ0) is 19.5. The Labute approximate surface area is 153 Å². The number of carbonyl (C=O) groups excluding carboxylic acids is 2. The predicted molar refractivity (Wildman–Crippen MR) is 102 cm³/mol. The average molecular weight is 356 g/mol. The van der Waals surface area contributed by atoms with Crippen molar-refractivity contribution in [1.29, 1.82) is 0 Å². The van der Waals surface area contributed by atoms with E-state index in [1.165, 1.54) is 17.7 Å². The van der Waals surface area contributed by atoms with Crippen molar-refractivity contribution in [3.63, 3.8) is 0 Å². The molecule has 6 heteroatoms. The molecule has 0 aliphatic rings. The van der Waals surface area contributed by atoms with Crippen LogP contribution in [0.2, 0.25) is 0 Å². The fourth-order valence-electron chi connectivity index (χ4n) is 2.19. The van der Waals surface area contributed by atoms with Gasteiger partial charge in [0.1, 0.15) is 0 Å². The van der Waals surface area contributed by atoms with E-state index >= 15 is 0 Å². The molecule has 138 valence electrons. The van der Waals surface area contributed by atoms with Gasteiger partial charge < -0.3 is 20.9 Å². The Hall–Kier alpha value is -3.28. The van der Waals surface area contributed by atoms with Crippen LogP contribution in [0, 0.1) is 0 Å². The molecular weight excluding hydrogens is 332 g/mol. The first-order chi connectivity index (χ1) is 12.4. The summed E-state index contributed by atoms with van der Waals surface area (Å²) in [6.07, 6.45) is 2.72. The lowest BCUT2D eigenvalue weighted by Gasteiger charge is -2.10. The summed E-state index contributed by atoms with van der Waals surface area (Å²) in [5.41, 5.74) is 11.5. The monoisotopic (exact) mass is 356 g/mol. The number of benzene rings is 2. The van der Waals surface area contributed by atoms with E-state index in [0.717, 1.165) is 17.9 Å². The topological polar surface area (TPSA) is 105 Å². The van der Waals surface area contributed by atoms with Crippen LogP contribution in [0.4, 0.5) is 0 Å². The zero-order valence-electron chi connectivity index (χ0n) is 15.0. The van der Waals surface area contributed by atoms with E-state index in [9.17, 15) is 9.59 Å². The summed E-state index contributed by atoms with van der Waals surface area (Å²) in [5, 5.41) is 0. The van der Waals surface area contributed by atoms with Crippen molar-refractivity contribution in [1.82, 2.24) is 0 Å². The molecule has 0 fully saturated rings. The minimum atomic E-state index is -0.649.